The number of carbonyl (C=O) groups is 1. The minimum Gasteiger partial charge on any atom is -0.385 e. The molecule has 21 heavy (non-hydrogen) atoms. The number of nitriles is 1. The zero-order valence-corrected chi connectivity index (χ0v) is 11.1. The molecule has 0 aromatic heterocycles. The Bertz CT molecular complexity index is 574. The van der Waals surface area contributed by atoms with E-state index < -0.39 is 17.3 Å². The first-order chi connectivity index (χ1) is 9.90. The van der Waals surface area contributed by atoms with Crippen LogP contribution in [0.25, 0.3) is 0 Å². The van der Waals surface area contributed by atoms with Gasteiger partial charge < -0.3 is 10.6 Å². The van der Waals surface area contributed by atoms with Gasteiger partial charge in [0.2, 0.25) is 5.91 Å². The van der Waals surface area contributed by atoms with Gasteiger partial charge in [-0.15, -0.1) is 0 Å². The van der Waals surface area contributed by atoms with Crippen molar-refractivity contribution in [2.24, 2.45) is 0 Å². The molecule has 1 aliphatic rings. The Kier molecular flexibility index (Phi) is 4.36. The molecule has 0 unspecified atom stereocenters. The number of nitrogens with zero attached hydrogens (tertiary/aromatic N) is 1. The Balaban J connectivity index is 1.94. The van der Waals surface area contributed by atoms with Crippen LogP contribution in [0.4, 0.5) is 18.9 Å². The summed E-state index contributed by atoms with van der Waals surface area (Å²) in [4.78, 5) is 11.4. The number of halogens is 3. The van der Waals surface area contributed by atoms with Crippen molar-refractivity contribution in [2.75, 3.05) is 11.9 Å². The second kappa shape index (κ2) is 6.04. The highest BCUT2D eigenvalue weighted by Gasteiger charge is 2.33. The zero-order chi connectivity index (χ0) is 15.5. The van der Waals surface area contributed by atoms with Gasteiger partial charge in [-0.2, -0.15) is 18.4 Å². The van der Waals surface area contributed by atoms with Crippen LogP contribution in [0.3, 0.4) is 0 Å². The van der Waals surface area contributed by atoms with Crippen molar-refractivity contribution in [3.05, 3.63) is 29.3 Å². The molecule has 1 aromatic rings. The van der Waals surface area contributed by atoms with E-state index in [-0.39, 0.29) is 30.6 Å². The van der Waals surface area contributed by atoms with E-state index in [0.29, 0.717) is 0 Å². The standard InChI is InChI=1S/C14H14F3N3O/c15-14(16,17)12-7-11(2-1-9(12)8-18)19-6-5-13(21)20-10-3-4-10/h1-2,7,10,19H,3-6H2,(H,20,21). The Morgan fingerprint density at radius 1 is 1.38 bits per heavy atom. The fourth-order valence-corrected chi connectivity index (χ4v) is 1.83. The van der Waals surface area contributed by atoms with Crippen molar-refractivity contribution in [2.45, 2.75) is 31.5 Å². The molecule has 0 atom stereocenters. The third kappa shape index (κ3) is 4.38. The summed E-state index contributed by atoms with van der Waals surface area (Å²) < 4.78 is 38.3. The lowest BCUT2D eigenvalue weighted by atomic mass is 10.1. The minimum atomic E-state index is -4.58. The molecule has 0 radical (unpaired) electrons. The summed E-state index contributed by atoms with van der Waals surface area (Å²) in [6.07, 6.45) is -2.41. The molecule has 7 heteroatoms. The molecule has 1 aromatic carbocycles. The molecule has 0 spiro atoms. The average molecular weight is 297 g/mol. The minimum absolute atomic E-state index is 0.116. The summed E-state index contributed by atoms with van der Waals surface area (Å²) in [5.41, 5.74) is -1.16. The van der Waals surface area contributed by atoms with Gasteiger partial charge in [0.05, 0.1) is 17.2 Å². The van der Waals surface area contributed by atoms with Gasteiger partial charge in [-0.3, -0.25) is 4.79 Å². The number of amides is 1. The van der Waals surface area contributed by atoms with Crippen LogP contribution in [-0.2, 0) is 11.0 Å². The van der Waals surface area contributed by atoms with Gasteiger partial charge in [0.15, 0.2) is 0 Å². The number of nitrogens with one attached hydrogen (secondary N) is 2. The largest absolute Gasteiger partial charge is 0.417 e. The molecular formula is C14H14F3N3O. The molecule has 2 rings (SSSR count). The Morgan fingerprint density at radius 3 is 2.67 bits per heavy atom. The number of hydrogen-bond donors (Lipinski definition) is 2. The first-order valence-electron chi connectivity index (χ1n) is 6.54. The Hall–Kier alpha value is -2.23. The van der Waals surface area contributed by atoms with Crippen LogP contribution in [0.1, 0.15) is 30.4 Å². The normalized spacial score (nSPS) is 14.4. The highest BCUT2D eigenvalue weighted by Crippen LogP contribution is 2.33. The molecule has 1 amide bonds. The molecular weight excluding hydrogens is 283 g/mol. The summed E-state index contributed by atoms with van der Waals surface area (Å²) in [6.45, 7) is 0.238. The molecule has 0 heterocycles. The van der Waals surface area contributed by atoms with Gasteiger partial charge in [-0.05, 0) is 31.0 Å². The van der Waals surface area contributed by atoms with Gasteiger partial charge in [0.25, 0.3) is 0 Å². The van der Waals surface area contributed by atoms with Crippen molar-refractivity contribution >= 4 is 11.6 Å². The van der Waals surface area contributed by atoms with E-state index in [1.165, 1.54) is 12.1 Å². The highest BCUT2D eigenvalue weighted by atomic mass is 19.4. The maximum atomic E-state index is 12.8. The lowest BCUT2D eigenvalue weighted by Gasteiger charge is -2.12. The van der Waals surface area contributed by atoms with Crippen molar-refractivity contribution in [3.8, 4) is 6.07 Å². The molecule has 112 valence electrons. The summed E-state index contributed by atoms with van der Waals surface area (Å²) in [6, 6.07) is 5.19. The predicted octanol–water partition coefficient (Wildman–Crippen LogP) is 2.66. The molecule has 0 saturated heterocycles. The monoisotopic (exact) mass is 297 g/mol. The smallest absolute Gasteiger partial charge is 0.385 e. The molecule has 0 bridgehead atoms. The first-order valence-corrected chi connectivity index (χ1v) is 6.54. The molecule has 4 nitrogen and oxygen atoms in total. The van der Waals surface area contributed by atoms with Crippen molar-refractivity contribution in [1.29, 1.82) is 5.26 Å². The van der Waals surface area contributed by atoms with Crippen LogP contribution < -0.4 is 10.6 Å². The van der Waals surface area contributed by atoms with Crippen molar-refractivity contribution < 1.29 is 18.0 Å². The third-order valence-corrected chi connectivity index (χ3v) is 3.07. The molecule has 0 aliphatic heterocycles. The van der Waals surface area contributed by atoms with Crippen LogP contribution >= 0.6 is 0 Å². The van der Waals surface area contributed by atoms with Crippen LogP contribution in [0.5, 0.6) is 0 Å². The lowest BCUT2D eigenvalue weighted by Crippen LogP contribution is -2.27. The second-order valence-electron chi connectivity index (χ2n) is 4.89. The quantitative estimate of drug-likeness (QED) is 0.878. The Labute approximate surface area is 119 Å². The number of anilines is 1. The zero-order valence-electron chi connectivity index (χ0n) is 11.1. The number of benzene rings is 1. The predicted molar refractivity (Wildman–Crippen MR) is 70.4 cm³/mol. The lowest BCUT2D eigenvalue weighted by molar-refractivity contribution is -0.137. The van der Waals surface area contributed by atoms with Gasteiger partial charge in [-0.1, -0.05) is 0 Å². The topological polar surface area (TPSA) is 64.9 Å². The first kappa shape index (κ1) is 15.2. The summed E-state index contributed by atoms with van der Waals surface area (Å²) in [7, 11) is 0. The SMILES string of the molecule is N#Cc1ccc(NCCC(=O)NC2CC2)cc1C(F)(F)F. The summed E-state index contributed by atoms with van der Waals surface area (Å²) >= 11 is 0. The molecule has 1 aliphatic carbocycles. The van der Waals surface area contributed by atoms with Crippen LogP contribution in [-0.4, -0.2) is 18.5 Å². The van der Waals surface area contributed by atoms with Gasteiger partial charge in [0.1, 0.15) is 0 Å². The van der Waals surface area contributed by atoms with E-state index in [1.54, 1.807) is 0 Å². The van der Waals surface area contributed by atoms with E-state index in [9.17, 15) is 18.0 Å². The molecule has 2 N–H and O–H groups in total. The summed E-state index contributed by atoms with van der Waals surface area (Å²) in [5, 5.41) is 14.2. The van der Waals surface area contributed by atoms with E-state index in [4.69, 9.17) is 5.26 Å². The van der Waals surface area contributed by atoms with Crippen molar-refractivity contribution in [1.82, 2.24) is 5.32 Å². The fourth-order valence-electron chi connectivity index (χ4n) is 1.83. The van der Waals surface area contributed by atoms with E-state index in [2.05, 4.69) is 10.6 Å². The fraction of sp³-hybridized carbons (Fsp3) is 0.429. The van der Waals surface area contributed by atoms with Crippen LogP contribution in [0.2, 0.25) is 0 Å². The average Bonchev–Trinajstić information content (AvgIpc) is 3.21. The Morgan fingerprint density at radius 2 is 2.10 bits per heavy atom. The third-order valence-electron chi connectivity index (χ3n) is 3.07. The van der Waals surface area contributed by atoms with Gasteiger partial charge in [0, 0.05) is 24.7 Å². The summed E-state index contributed by atoms with van der Waals surface area (Å²) in [5.74, 6) is -0.116. The molecule has 1 saturated carbocycles. The number of hydrogen-bond acceptors (Lipinski definition) is 3. The van der Waals surface area contributed by atoms with Crippen molar-refractivity contribution in [3.63, 3.8) is 0 Å². The maximum Gasteiger partial charge on any atom is 0.417 e. The van der Waals surface area contributed by atoms with E-state index in [0.717, 1.165) is 25.0 Å². The number of alkyl halides is 3. The van der Waals surface area contributed by atoms with E-state index in [1.807, 2.05) is 0 Å². The second-order valence-corrected chi connectivity index (χ2v) is 4.89. The van der Waals surface area contributed by atoms with Gasteiger partial charge in [-0.25, -0.2) is 0 Å². The highest BCUT2D eigenvalue weighted by molar-refractivity contribution is 5.77. The molecule has 1 fully saturated rings. The van der Waals surface area contributed by atoms with Gasteiger partial charge >= 0.3 is 6.18 Å². The van der Waals surface area contributed by atoms with E-state index >= 15 is 0 Å². The maximum absolute atomic E-state index is 12.8. The van der Waals surface area contributed by atoms with Crippen LogP contribution in [0.15, 0.2) is 18.2 Å². The van der Waals surface area contributed by atoms with Crippen LogP contribution in [0, 0.1) is 11.3 Å². The number of carbonyl (C=O) groups excluding carboxylic acids is 1. The number of rotatable bonds is 5.